The lowest BCUT2D eigenvalue weighted by Crippen LogP contribution is -2.39. The number of carbonyl (C=O) groups is 2. The van der Waals surface area contributed by atoms with Gasteiger partial charge in [0.1, 0.15) is 11.5 Å². The lowest BCUT2D eigenvalue weighted by Gasteiger charge is -2.35. The van der Waals surface area contributed by atoms with Crippen molar-refractivity contribution in [2.75, 3.05) is 13.2 Å². The fraction of sp³-hybridized carbons (Fsp3) is 0.375. The molecule has 4 aromatic rings. The van der Waals surface area contributed by atoms with Crippen LogP contribution in [0.25, 0.3) is 16.9 Å². The Balaban J connectivity index is 1.20. The molecule has 1 amide bonds. The van der Waals surface area contributed by atoms with Crippen LogP contribution >= 0.6 is 0 Å². The Labute approximate surface area is 232 Å². The standard InChI is InChI=1S/C32H31FN4O3/c1-3-40-32(39)25-15-24(25)21-10-11-23(26(33)14-21)27-17-30-34-28(16-29(20-8-9-20)37(30)35-27)31(38)36-13-12-19-6-4-5-7-22(19)18(36)2/h4-7,10-11,14,16-18,20,24-25H,3,8-9,12-13,15H2,1-2H3/t18-,24-,25+/m1/s1. The third-order valence-corrected chi connectivity index (χ3v) is 8.60. The first-order chi connectivity index (χ1) is 19.4. The predicted octanol–water partition coefficient (Wildman–Crippen LogP) is 5.84. The Morgan fingerprint density at radius 1 is 1.10 bits per heavy atom. The molecular weight excluding hydrogens is 507 g/mol. The van der Waals surface area contributed by atoms with Crippen LogP contribution in [0.3, 0.4) is 0 Å². The molecule has 0 saturated heterocycles. The van der Waals surface area contributed by atoms with Gasteiger partial charge in [-0.1, -0.05) is 30.3 Å². The molecule has 7 rings (SSSR count). The second-order valence-electron chi connectivity index (χ2n) is 11.2. The first-order valence-electron chi connectivity index (χ1n) is 14.2. The summed E-state index contributed by atoms with van der Waals surface area (Å²) in [5, 5.41) is 4.74. The quantitative estimate of drug-likeness (QED) is 0.288. The third-order valence-electron chi connectivity index (χ3n) is 8.60. The zero-order valence-corrected chi connectivity index (χ0v) is 22.6. The molecule has 0 bridgehead atoms. The van der Waals surface area contributed by atoms with Crippen LogP contribution in [-0.4, -0.2) is 44.5 Å². The van der Waals surface area contributed by atoms with Crippen LogP contribution in [0.15, 0.2) is 54.6 Å². The van der Waals surface area contributed by atoms with Gasteiger partial charge in [-0.3, -0.25) is 9.59 Å². The van der Waals surface area contributed by atoms with Crippen molar-refractivity contribution in [3.05, 3.63) is 88.5 Å². The Morgan fingerprint density at radius 2 is 1.93 bits per heavy atom. The average Bonchev–Trinajstić information content (AvgIpc) is 3.89. The van der Waals surface area contributed by atoms with Crippen LogP contribution in [0.4, 0.5) is 4.39 Å². The van der Waals surface area contributed by atoms with Gasteiger partial charge >= 0.3 is 5.97 Å². The van der Waals surface area contributed by atoms with Crippen LogP contribution in [0.2, 0.25) is 0 Å². The lowest BCUT2D eigenvalue weighted by molar-refractivity contribution is -0.144. The van der Waals surface area contributed by atoms with Crippen LogP contribution in [0, 0.1) is 11.7 Å². The monoisotopic (exact) mass is 538 g/mol. The van der Waals surface area contributed by atoms with Gasteiger partial charge in [0.2, 0.25) is 0 Å². The number of amides is 1. The van der Waals surface area contributed by atoms with Gasteiger partial charge < -0.3 is 9.64 Å². The Morgan fingerprint density at radius 3 is 2.70 bits per heavy atom. The van der Waals surface area contributed by atoms with Crippen molar-refractivity contribution in [2.24, 2.45) is 5.92 Å². The second kappa shape index (κ2) is 9.54. The lowest BCUT2D eigenvalue weighted by atomic mass is 9.93. The molecule has 7 nitrogen and oxygen atoms in total. The second-order valence-corrected chi connectivity index (χ2v) is 11.2. The Hall–Kier alpha value is -4.07. The zero-order valence-electron chi connectivity index (χ0n) is 22.6. The van der Waals surface area contributed by atoms with Gasteiger partial charge in [-0.25, -0.2) is 13.9 Å². The maximum atomic E-state index is 15.4. The van der Waals surface area contributed by atoms with Crippen molar-refractivity contribution in [1.82, 2.24) is 19.5 Å². The number of esters is 1. The number of benzene rings is 2. The number of nitrogens with zero attached hydrogens (tertiary/aromatic N) is 4. The smallest absolute Gasteiger partial charge is 0.309 e. The molecule has 0 unspecified atom stereocenters. The zero-order chi connectivity index (χ0) is 27.5. The number of rotatable bonds is 6. The minimum Gasteiger partial charge on any atom is -0.466 e. The van der Waals surface area contributed by atoms with Crippen molar-refractivity contribution in [1.29, 1.82) is 0 Å². The summed E-state index contributed by atoms with van der Waals surface area (Å²) >= 11 is 0. The largest absolute Gasteiger partial charge is 0.466 e. The van der Waals surface area contributed by atoms with Crippen molar-refractivity contribution in [2.45, 2.75) is 57.4 Å². The summed E-state index contributed by atoms with van der Waals surface area (Å²) < 4.78 is 22.3. The van der Waals surface area contributed by atoms with E-state index >= 15 is 4.39 Å². The maximum absolute atomic E-state index is 15.4. The summed E-state index contributed by atoms with van der Waals surface area (Å²) in [6, 6.07) is 17.0. The minimum atomic E-state index is -0.388. The van der Waals surface area contributed by atoms with E-state index in [0.717, 1.165) is 30.5 Å². The molecule has 0 N–H and O–H groups in total. The minimum absolute atomic E-state index is 0.00970. The summed E-state index contributed by atoms with van der Waals surface area (Å²) in [5.74, 6) is -0.594. The first kappa shape index (κ1) is 24.9. The predicted molar refractivity (Wildman–Crippen MR) is 147 cm³/mol. The third kappa shape index (κ3) is 4.26. The van der Waals surface area contributed by atoms with E-state index < -0.39 is 0 Å². The van der Waals surface area contributed by atoms with Gasteiger partial charge in [-0.2, -0.15) is 5.10 Å². The van der Waals surface area contributed by atoms with E-state index in [1.54, 1.807) is 23.6 Å². The summed E-state index contributed by atoms with van der Waals surface area (Å²) in [4.78, 5) is 32.4. The molecule has 2 aromatic heterocycles. The number of hydrogen-bond acceptors (Lipinski definition) is 5. The van der Waals surface area contributed by atoms with E-state index in [2.05, 4.69) is 19.1 Å². The molecule has 0 spiro atoms. The first-order valence-corrected chi connectivity index (χ1v) is 14.2. The molecule has 2 aromatic carbocycles. The molecule has 204 valence electrons. The number of ether oxygens (including phenoxy) is 1. The van der Waals surface area contributed by atoms with Crippen LogP contribution in [-0.2, 0) is 16.0 Å². The van der Waals surface area contributed by atoms with E-state index in [0.29, 0.717) is 48.1 Å². The molecule has 2 saturated carbocycles. The van der Waals surface area contributed by atoms with Gasteiger partial charge in [0.15, 0.2) is 5.65 Å². The van der Waals surface area contributed by atoms with Gasteiger partial charge in [-0.05, 0) is 80.3 Å². The van der Waals surface area contributed by atoms with E-state index in [-0.39, 0.29) is 35.6 Å². The van der Waals surface area contributed by atoms with E-state index in [1.165, 1.54) is 17.2 Å². The molecule has 1 aliphatic heterocycles. The highest BCUT2D eigenvalue weighted by Gasteiger charge is 2.45. The number of aromatic nitrogens is 3. The van der Waals surface area contributed by atoms with Crippen LogP contribution in [0.1, 0.15) is 83.9 Å². The summed E-state index contributed by atoms with van der Waals surface area (Å²) in [7, 11) is 0. The molecule has 2 fully saturated rings. The van der Waals surface area contributed by atoms with E-state index in [9.17, 15) is 9.59 Å². The fourth-order valence-electron chi connectivity index (χ4n) is 6.15. The highest BCUT2D eigenvalue weighted by Crippen LogP contribution is 2.49. The SMILES string of the molecule is CCOC(=O)[C@H]1C[C@@H]1c1ccc(-c2cc3nc(C(=O)N4CCc5ccccc5[C@H]4C)cc(C4CC4)n3n2)c(F)c1. The molecule has 2 aliphatic carbocycles. The highest BCUT2D eigenvalue weighted by molar-refractivity contribution is 5.93. The maximum Gasteiger partial charge on any atom is 0.309 e. The summed E-state index contributed by atoms with van der Waals surface area (Å²) in [5.41, 5.74) is 5.99. The molecule has 3 atom stereocenters. The van der Waals surface area contributed by atoms with Gasteiger partial charge in [0.25, 0.3) is 5.91 Å². The number of hydrogen-bond donors (Lipinski definition) is 0. The Bertz CT molecular complexity index is 1660. The van der Waals surface area contributed by atoms with Crippen LogP contribution < -0.4 is 0 Å². The molecule has 3 heterocycles. The molecule has 0 radical (unpaired) electrons. The molecule has 40 heavy (non-hydrogen) atoms. The topological polar surface area (TPSA) is 76.8 Å². The van der Waals surface area contributed by atoms with Gasteiger partial charge in [0.05, 0.1) is 24.3 Å². The normalized spacial score (nSPS) is 21.8. The summed E-state index contributed by atoms with van der Waals surface area (Å²) in [6.07, 6.45) is 3.55. The van der Waals surface area contributed by atoms with Crippen molar-refractivity contribution >= 4 is 17.5 Å². The fourth-order valence-corrected chi connectivity index (χ4v) is 6.15. The van der Waals surface area contributed by atoms with Crippen molar-refractivity contribution < 1.29 is 18.7 Å². The number of fused-ring (bicyclic) bond motifs is 2. The average molecular weight is 539 g/mol. The number of halogens is 1. The van der Waals surface area contributed by atoms with Crippen molar-refractivity contribution in [3.8, 4) is 11.3 Å². The van der Waals surface area contributed by atoms with Gasteiger partial charge in [0, 0.05) is 29.8 Å². The highest BCUT2D eigenvalue weighted by atomic mass is 19.1. The molecule has 3 aliphatic rings. The van der Waals surface area contributed by atoms with Crippen LogP contribution in [0.5, 0.6) is 0 Å². The molecular formula is C32H31FN4O3. The Kier molecular flexibility index (Phi) is 5.95. The number of carbonyl (C=O) groups excluding carboxylic acids is 2. The summed E-state index contributed by atoms with van der Waals surface area (Å²) in [6.45, 7) is 4.84. The van der Waals surface area contributed by atoms with Crippen molar-refractivity contribution in [3.63, 3.8) is 0 Å². The van der Waals surface area contributed by atoms with Gasteiger partial charge in [-0.15, -0.1) is 0 Å². The molecule has 8 heteroatoms. The van der Waals surface area contributed by atoms with E-state index in [4.69, 9.17) is 14.8 Å². The van der Waals surface area contributed by atoms with E-state index in [1.807, 2.05) is 29.2 Å².